The zero-order chi connectivity index (χ0) is 20.8. The Bertz CT molecular complexity index is 824. The maximum atomic E-state index is 12.5. The first-order valence-corrected chi connectivity index (χ1v) is 11.0. The van der Waals surface area contributed by atoms with Crippen LogP contribution in [0.25, 0.3) is 0 Å². The molecule has 0 radical (unpaired) electrons. The number of benzene rings is 2. The molecule has 2 aromatic rings. The molecule has 2 heterocycles. The first-order valence-electron chi connectivity index (χ1n) is 11.0. The van der Waals surface area contributed by atoms with Gasteiger partial charge in [-0.3, -0.25) is 9.69 Å². The molecule has 0 N–H and O–H groups in total. The Morgan fingerprint density at radius 3 is 2.57 bits per heavy atom. The Balaban J connectivity index is 1.33. The van der Waals surface area contributed by atoms with Gasteiger partial charge in [0.2, 0.25) is 5.91 Å². The maximum Gasteiger partial charge on any atom is 0.248 e. The molecule has 5 nitrogen and oxygen atoms in total. The van der Waals surface area contributed by atoms with Crippen LogP contribution in [0.2, 0.25) is 0 Å². The average molecular weight is 409 g/mol. The summed E-state index contributed by atoms with van der Waals surface area (Å²) in [5, 5.41) is 0. The molecule has 0 saturated carbocycles. The van der Waals surface area contributed by atoms with Gasteiger partial charge in [-0.1, -0.05) is 42.5 Å². The zero-order valence-corrected chi connectivity index (χ0v) is 17.9. The van der Waals surface area contributed by atoms with Gasteiger partial charge in [-0.15, -0.1) is 0 Å². The fraction of sp³-hybridized carbons (Fsp3) is 0.480. The molecule has 5 heteroatoms. The van der Waals surface area contributed by atoms with Gasteiger partial charge in [0.1, 0.15) is 12.4 Å². The lowest BCUT2D eigenvalue weighted by atomic mass is 9.92. The number of rotatable bonds is 6. The largest absolute Gasteiger partial charge is 0.497 e. The summed E-state index contributed by atoms with van der Waals surface area (Å²) in [5.74, 6) is 1.01. The van der Waals surface area contributed by atoms with Crippen LogP contribution in [-0.4, -0.2) is 61.2 Å². The number of nitrogens with zero attached hydrogens (tertiary/aromatic N) is 2. The van der Waals surface area contributed by atoms with Crippen molar-refractivity contribution in [3.8, 4) is 5.75 Å². The number of morpholine rings is 1. The minimum Gasteiger partial charge on any atom is -0.497 e. The molecule has 1 spiro atoms. The Hall–Kier alpha value is -2.37. The summed E-state index contributed by atoms with van der Waals surface area (Å²) in [6.45, 7) is 4.70. The molecule has 1 amide bonds. The normalized spacial score (nSPS) is 22.8. The van der Waals surface area contributed by atoms with Crippen molar-refractivity contribution in [2.45, 2.75) is 37.8 Å². The first kappa shape index (κ1) is 20.9. The minimum absolute atomic E-state index is 0.121. The Morgan fingerprint density at radius 1 is 1.00 bits per heavy atom. The van der Waals surface area contributed by atoms with E-state index < -0.39 is 0 Å². The van der Waals surface area contributed by atoms with Gasteiger partial charge in [0.25, 0.3) is 0 Å². The number of likely N-dealkylation sites (tertiary alicyclic amines) is 1. The molecule has 0 bridgehead atoms. The monoisotopic (exact) mass is 408 g/mol. The van der Waals surface area contributed by atoms with Gasteiger partial charge < -0.3 is 14.4 Å². The van der Waals surface area contributed by atoms with E-state index in [1.165, 1.54) is 11.1 Å². The summed E-state index contributed by atoms with van der Waals surface area (Å²) in [4.78, 5) is 17.0. The van der Waals surface area contributed by atoms with Crippen LogP contribution in [0.3, 0.4) is 0 Å². The smallest absolute Gasteiger partial charge is 0.248 e. The lowest BCUT2D eigenvalue weighted by Crippen LogP contribution is -2.55. The highest BCUT2D eigenvalue weighted by molar-refractivity contribution is 5.78. The molecule has 0 aromatic heterocycles. The van der Waals surface area contributed by atoms with Gasteiger partial charge in [0.05, 0.1) is 12.7 Å². The number of hydrogen-bond donors (Lipinski definition) is 0. The van der Waals surface area contributed by atoms with Crippen molar-refractivity contribution in [2.75, 3.05) is 39.9 Å². The highest BCUT2D eigenvalue weighted by Gasteiger charge is 2.40. The van der Waals surface area contributed by atoms with E-state index in [9.17, 15) is 4.79 Å². The summed E-state index contributed by atoms with van der Waals surface area (Å²) in [5.41, 5.74) is 2.38. The van der Waals surface area contributed by atoms with Crippen molar-refractivity contribution in [3.63, 3.8) is 0 Å². The second-order valence-electron chi connectivity index (χ2n) is 8.50. The van der Waals surface area contributed by atoms with E-state index in [4.69, 9.17) is 9.47 Å². The van der Waals surface area contributed by atoms with Crippen LogP contribution in [-0.2, 0) is 22.5 Å². The molecule has 1 atom stereocenters. The number of methoxy groups -OCH3 is 1. The Labute approximate surface area is 179 Å². The third kappa shape index (κ3) is 5.21. The third-order valence-electron chi connectivity index (χ3n) is 6.40. The van der Waals surface area contributed by atoms with Crippen LogP contribution in [0.1, 0.15) is 30.4 Å². The van der Waals surface area contributed by atoms with Gasteiger partial charge in [0, 0.05) is 26.2 Å². The second-order valence-corrected chi connectivity index (χ2v) is 8.50. The molecule has 160 valence electrons. The van der Waals surface area contributed by atoms with Crippen molar-refractivity contribution in [1.29, 1.82) is 0 Å². The lowest BCUT2D eigenvalue weighted by Gasteiger charge is -2.42. The van der Waals surface area contributed by atoms with Crippen LogP contribution in [0, 0.1) is 0 Å². The van der Waals surface area contributed by atoms with Crippen LogP contribution < -0.4 is 4.74 Å². The van der Waals surface area contributed by atoms with E-state index in [1.54, 1.807) is 7.11 Å². The summed E-state index contributed by atoms with van der Waals surface area (Å²) in [6, 6.07) is 18.7. The van der Waals surface area contributed by atoms with Gasteiger partial charge in [-0.2, -0.15) is 0 Å². The van der Waals surface area contributed by atoms with Crippen molar-refractivity contribution in [3.05, 3.63) is 65.7 Å². The van der Waals surface area contributed by atoms with Gasteiger partial charge in [-0.25, -0.2) is 0 Å². The van der Waals surface area contributed by atoms with Crippen molar-refractivity contribution < 1.29 is 14.3 Å². The summed E-state index contributed by atoms with van der Waals surface area (Å²) in [6.07, 6.45) is 3.97. The van der Waals surface area contributed by atoms with Gasteiger partial charge >= 0.3 is 0 Å². The number of carbonyl (C=O) groups excluding carboxylic acids is 1. The highest BCUT2D eigenvalue weighted by atomic mass is 16.5. The standard InChI is InChI=1S/C25H32N2O3/c1-29-23-10-8-22(9-11-23)18-26-15-5-13-25(14-17-26)20-27(24(28)19-30-25)16-12-21-6-3-2-4-7-21/h2-4,6-11H,5,12-20H2,1H3/t25-/m1/s1. The fourth-order valence-electron chi connectivity index (χ4n) is 4.57. The quantitative estimate of drug-likeness (QED) is 0.733. The van der Waals surface area contributed by atoms with E-state index in [0.29, 0.717) is 0 Å². The van der Waals surface area contributed by atoms with E-state index in [-0.39, 0.29) is 18.1 Å². The number of ether oxygens (including phenoxy) is 2. The molecule has 0 unspecified atom stereocenters. The molecule has 4 rings (SSSR count). The summed E-state index contributed by atoms with van der Waals surface area (Å²) in [7, 11) is 1.70. The average Bonchev–Trinajstić information content (AvgIpc) is 2.98. The van der Waals surface area contributed by atoms with Gasteiger partial charge in [-0.05, 0) is 55.5 Å². The fourth-order valence-corrected chi connectivity index (χ4v) is 4.57. The molecule has 2 fully saturated rings. The number of amides is 1. The Kier molecular flexibility index (Phi) is 6.70. The third-order valence-corrected chi connectivity index (χ3v) is 6.40. The van der Waals surface area contributed by atoms with Crippen molar-refractivity contribution >= 4 is 5.91 Å². The van der Waals surface area contributed by atoms with Crippen LogP contribution in [0.5, 0.6) is 5.75 Å². The maximum absolute atomic E-state index is 12.5. The second kappa shape index (κ2) is 9.63. The van der Waals surface area contributed by atoms with Crippen LogP contribution >= 0.6 is 0 Å². The molecule has 2 aromatic carbocycles. The highest BCUT2D eigenvalue weighted by Crippen LogP contribution is 2.31. The SMILES string of the molecule is COc1ccc(CN2CCC[C@@]3(CC2)CN(CCc2ccccc2)C(=O)CO3)cc1. The molecule has 30 heavy (non-hydrogen) atoms. The number of hydrogen-bond acceptors (Lipinski definition) is 4. The van der Waals surface area contributed by atoms with Crippen LogP contribution in [0.15, 0.2) is 54.6 Å². The predicted molar refractivity (Wildman–Crippen MR) is 118 cm³/mol. The van der Waals surface area contributed by atoms with E-state index >= 15 is 0 Å². The lowest BCUT2D eigenvalue weighted by molar-refractivity contribution is -0.165. The van der Waals surface area contributed by atoms with Crippen molar-refractivity contribution in [2.24, 2.45) is 0 Å². The summed E-state index contributed by atoms with van der Waals surface area (Å²) >= 11 is 0. The van der Waals surface area contributed by atoms with E-state index in [2.05, 4.69) is 41.3 Å². The zero-order valence-electron chi connectivity index (χ0n) is 17.9. The van der Waals surface area contributed by atoms with E-state index in [1.807, 2.05) is 23.1 Å². The molecular weight excluding hydrogens is 376 g/mol. The van der Waals surface area contributed by atoms with E-state index in [0.717, 1.165) is 64.2 Å². The topological polar surface area (TPSA) is 42.0 Å². The molecule has 2 saturated heterocycles. The van der Waals surface area contributed by atoms with Gasteiger partial charge in [0.15, 0.2) is 0 Å². The molecular formula is C25H32N2O3. The summed E-state index contributed by atoms with van der Waals surface area (Å²) < 4.78 is 11.4. The van der Waals surface area contributed by atoms with Crippen molar-refractivity contribution in [1.82, 2.24) is 9.80 Å². The molecule has 2 aliphatic heterocycles. The first-order chi connectivity index (χ1) is 14.7. The number of carbonyl (C=O) groups is 1. The van der Waals surface area contributed by atoms with Crippen LogP contribution in [0.4, 0.5) is 0 Å². The Morgan fingerprint density at radius 2 is 1.80 bits per heavy atom. The predicted octanol–water partition coefficient (Wildman–Crippen LogP) is 3.52. The minimum atomic E-state index is -0.195. The molecule has 0 aliphatic carbocycles. The molecule has 2 aliphatic rings.